The van der Waals surface area contributed by atoms with Crippen molar-refractivity contribution in [3.8, 4) is 0 Å². The van der Waals surface area contributed by atoms with Crippen LogP contribution in [0.4, 0.5) is 10.1 Å². The second kappa shape index (κ2) is 10.6. The van der Waals surface area contributed by atoms with Gasteiger partial charge in [0.25, 0.3) is 5.91 Å². The number of amides is 2. The second-order valence-corrected chi connectivity index (χ2v) is 6.18. The molecule has 2 aromatic carbocycles. The van der Waals surface area contributed by atoms with Crippen LogP contribution in [0.2, 0.25) is 5.02 Å². The highest BCUT2D eigenvalue weighted by Crippen LogP contribution is 2.21. The molecule has 0 aliphatic rings. The maximum Gasteiger partial charge on any atom is 0.253 e. The van der Waals surface area contributed by atoms with E-state index in [1.165, 1.54) is 18.2 Å². The van der Waals surface area contributed by atoms with Crippen LogP contribution in [0.25, 0.3) is 0 Å². The lowest BCUT2D eigenvalue weighted by molar-refractivity contribution is -0.115. The predicted octanol–water partition coefficient (Wildman–Crippen LogP) is 3.82. The Bertz CT molecular complexity index is 778. The molecule has 0 bridgehead atoms. The van der Waals surface area contributed by atoms with Gasteiger partial charge in [-0.1, -0.05) is 29.8 Å². The van der Waals surface area contributed by atoms with Crippen LogP contribution in [-0.4, -0.2) is 31.6 Å². The molecule has 2 aromatic rings. The fourth-order valence-corrected chi connectivity index (χ4v) is 2.69. The lowest BCUT2D eigenvalue weighted by Crippen LogP contribution is -2.27. The summed E-state index contributed by atoms with van der Waals surface area (Å²) in [6, 6.07) is 10.9. The van der Waals surface area contributed by atoms with Gasteiger partial charge in [-0.3, -0.25) is 9.59 Å². The summed E-state index contributed by atoms with van der Waals surface area (Å²) in [5.41, 5.74) is 0.814. The smallest absolute Gasteiger partial charge is 0.253 e. The van der Waals surface area contributed by atoms with Gasteiger partial charge < -0.3 is 15.4 Å². The highest BCUT2D eigenvalue weighted by Gasteiger charge is 2.15. The first-order valence-electron chi connectivity index (χ1n) is 8.70. The molecular weight excluding hydrogens is 371 g/mol. The average Bonchev–Trinajstić information content (AvgIpc) is 2.65. The zero-order valence-electron chi connectivity index (χ0n) is 15.1. The minimum Gasteiger partial charge on any atom is -0.382 e. The fraction of sp³-hybridized carbons (Fsp3) is 0.300. The third-order valence-corrected chi connectivity index (χ3v) is 4.15. The van der Waals surface area contributed by atoms with Crippen molar-refractivity contribution in [1.29, 1.82) is 0 Å². The Morgan fingerprint density at radius 2 is 1.93 bits per heavy atom. The van der Waals surface area contributed by atoms with Crippen molar-refractivity contribution in [3.05, 3.63) is 64.4 Å². The number of anilines is 1. The van der Waals surface area contributed by atoms with Crippen molar-refractivity contribution in [1.82, 2.24) is 5.32 Å². The number of hydrogen-bond donors (Lipinski definition) is 2. The Balaban J connectivity index is 2.00. The Morgan fingerprint density at radius 1 is 1.15 bits per heavy atom. The van der Waals surface area contributed by atoms with Crippen molar-refractivity contribution in [2.45, 2.75) is 19.8 Å². The molecule has 144 valence electrons. The number of halogens is 2. The van der Waals surface area contributed by atoms with Crippen molar-refractivity contribution in [2.24, 2.45) is 0 Å². The molecule has 2 rings (SSSR count). The molecular formula is C20H22ClFN2O3. The lowest BCUT2D eigenvalue weighted by Gasteiger charge is -2.12. The highest BCUT2D eigenvalue weighted by molar-refractivity contribution is 6.31. The number of hydrogen-bond acceptors (Lipinski definition) is 3. The summed E-state index contributed by atoms with van der Waals surface area (Å²) in [6.45, 7) is 3.57. The first kappa shape index (κ1) is 20.9. The Labute approximate surface area is 162 Å². The monoisotopic (exact) mass is 392 g/mol. The summed E-state index contributed by atoms with van der Waals surface area (Å²) in [6.07, 6.45) is 0.468. The Morgan fingerprint density at radius 3 is 2.67 bits per heavy atom. The fourth-order valence-electron chi connectivity index (χ4n) is 2.46. The van der Waals surface area contributed by atoms with Crippen LogP contribution >= 0.6 is 11.6 Å². The van der Waals surface area contributed by atoms with Crippen molar-refractivity contribution >= 4 is 29.1 Å². The van der Waals surface area contributed by atoms with Gasteiger partial charge >= 0.3 is 0 Å². The predicted molar refractivity (Wildman–Crippen MR) is 104 cm³/mol. The molecule has 0 unspecified atom stereocenters. The third-order valence-electron chi connectivity index (χ3n) is 3.80. The van der Waals surface area contributed by atoms with Gasteiger partial charge in [0.1, 0.15) is 5.82 Å². The molecule has 0 spiro atoms. The number of ether oxygens (including phenoxy) is 1. The number of nitrogens with one attached hydrogen (secondary N) is 2. The molecule has 0 saturated heterocycles. The van der Waals surface area contributed by atoms with Crippen LogP contribution in [-0.2, 0) is 16.0 Å². The van der Waals surface area contributed by atoms with E-state index >= 15 is 0 Å². The summed E-state index contributed by atoms with van der Waals surface area (Å²) < 4.78 is 19.1. The SMILES string of the molecule is CCOCCCNC(=O)c1ccccc1NC(=O)Cc1c(F)cccc1Cl. The third kappa shape index (κ3) is 6.34. The summed E-state index contributed by atoms with van der Waals surface area (Å²) in [4.78, 5) is 24.7. The summed E-state index contributed by atoms with van der Waals surface area (Å²) in [5.74, 6) is -1.30. The number of carbonyl (C=O) groups is 2. The molecule has 7 heteroatoms. The Kier molecular flexibility index (Phi) is 8.23. The van der Waals surface area contributed by atoms with Crippen LogP contribution in [0, 0.1) is 5.82 Å². The van der Waals surface area contributed by atoms with E-state index in [-0.39, 0.29) is 22.9 Å². The van der Waals surface area contributed by atoms with Gasteiger partial charge in [0.05, 0.1) is 17.7 Å². The molecule has 0 aliphatic carbocycles. The summed E-state index contributed by atoms with van der Waals surface area (Å²) in [5, 5.41) is 5.63. The van der Waals surface area contributed by atoms with Crippen LogP contribution in [0.1, 0.15) is 29.3 Å². The Hall–Kier alpha value is -2.44. The largest absolute Gasteiger partial charge is 0.382 e. The lowest BCUT2D eigenvalue weighted by atomic mass is 10.1. The maximum atomic E-state index is 13.8. The van der Waals surface area contributed by atoms with Crippen molar-refractivity contribution in [3.63, 3.8) is 0 Å². The number of para-hydroxylation sites is 1. The molecule has 0 heterocycles. The van der Waals surface area contributed by atoms with Gasteiger partial charge in [-0.15, -0.1) is 0 Å². The van der Waals surface area contributed by atoms with Gasteiger partial charge in [-0.25, -0.2) is 4.39 Å². The number of benzene rings is 2. The molecule has 0 atom stereocenters. The second-order valence-electron chi connectivity index (χ2n) is 5.78. The van der Waals surface area contributed by atoms with Crippen LogP contribution in [0.5, 0.6) is 0 Å². The molecule has 0 aromatic heterocycles. The van der Waals surface area contributed by atoms with Crippen LogP contribution in [0.3, 0.4) is 0 Å². The molecule has 2 amide bonds. The molecule has 0 fully saturated rings. The topological polar surface area (TPSA) is 67.4 Å². The van der Waals surface area contributed by atoms with E-state index in [4.69, 9.17) is 16.3 Å². The first-order chi connectivity index (χ1) is 13.0. The minimum atomic E-state index is -0.544. The minimum absolute atomic E-state index is 0.120. The van der Waals surface area contributed by atoms with E-state index < -0.39 is 11.7 Å². The normalized spacial score (nSPS) is 10.5. The number of carbonyl (C=O) groups excluding carboxylic acids is 2. The van der Waals surface area contributed by atoms with Gasteiger partial charge in [0.2, 0.25) is 5.91 Å². The van der Waals surface area contributed by atoms with Gasteiger partial charge in [0.15, 0.2) is 0 Å². The summed E-state index contributed by atoms with van der Waals surface area (Å²) in [7, 11) is 0. The van der Waals surface area contributed by atoms with Crippen molar-refractivity contribution < 1.29 is 18.7 Å². The van der Waals surface area contributed by atoms with Gasteiger partial charge in [-0.2, -0.15) is 0 Å². The van der Waals surface area contributed by atoms with E-state index in [0.29, 0.717) is 37.4 Å². The zero-order valence-corrected chi connectivity index (χ0v) is 15.8. The quantitative estimate of drug-likeness (QED) is 0.637. The first-order valence-corrected chi connectivity index (χ1v) is 9.08. The van der Waals surface area contributed by atoms with Gasteiger partial charge in [-0.05, 0) is 37.6 Å². The maximum absolute atomic E-state index is 13.8. The summed E-state index contributed by atoms with van der Waals surface area (Å²) >= 11 is 5.96. The van der Waals surface area contributed by atoms with E-state index in [9.17, 15) is 14.0 Å². The van der Waals surface area contributed by atoms with E-state index in [0.717, 1.165) is 0 Å². The molecule has 27 heavy (non-hydrogen) atoms. The highest BCUT2D eigenvalue weighted by atomic mass is 35.5. The standard InChI is InChI=1S/C20H22ClFN2O3/c1-2-27-12-6-11-23-20(26)14-7-3-4-10-18(14)24-19(25)13-15-16(21)8-5-9-17(15)22/h3-5,7-10H,2,6,11-13H2,1H3,(H,23,26)(H,24,25). The van der Waals surface area contributed by atoms with Gasteiger partial charge in [0, 0.05) is 30.3 Å². The average molecular weight is 393 g/mol. The van der Waals surface area contributed by atoms with Crippen LogP contribution in [0.15, 0.2) is 42.5 Å². The van der Waals surface area contributed by atoms with Crippen molar-refractivity contribution in [2.75, 3.05) is 25.1 Å². The molecule has 0 aliphatic heterocycles. The van der Waals surface area contributed by atoms with Crippen LogP contribution < -0.4 is 10.6 Å². The van der Waals surface area contributed by atoms with E-state index in [1.54, 1.807) is 24.3 Å². The molecule has 2 N–H and O–H groups in total. The van der Waals surface area contributed by atoms with E-state index in [1.807, 2.05) is 6.92 Å². The number of rotatable bonds is 9. The molecule has 5 nitrogen and oxygen atoms in total. The molecule has 0 radical (unpaired) electrons. The zero-order chi connectivity index (χ0) is 19.6. The van der Waals surface area contributed by atoms with E-state index in [2.05, 4.69) is 10.6 Å². The molecule has 0 saturated carbocycles.